The van der Waals surface area contributed by atoms with Crippen LogP contribution >= 0.6 is 11.6 Å². The van der Waals surface area contributed by atoms with Gasteiger partial charge in [0, 0.05) is 10.9 Å². The van der Waals surface area contributed by atoms with Crippen molar-refractivity contribution in [1.29, 1.82) is 0 Å². The van der Waals surface area contributed by atoms with Crippen LogP contribution in [-0.2, 0) is 14.3 Å². The van der Waals surface area contributed by atoms with Crippen molar-refractivity contribution in [3.63, 3.8) is 0 Å². The minimum Gasteiger partial charge on any atom is -0.495 e. The lowest BCUT2D eigenvalue weighted by Crippen LogP contribution is -2.35. The molecule has 1 saturated heterocycles. The fourth-order valence-electron chi connectivity index (χ4n) is 4.36. The first-order valence-electron chi connectivity index (χ1n) is 7.43. The second-order valence-corrected chi connectivity index (χ2v) is 6.69. The molecule has 5 atom stereocenters. The van der Waals surface area contributed by atoms with Crippen LogP contribution < -0.4 is 10.1 Å². The number of benzene rings is 1. The molecular weight excluding hydrogens is 306 g/mol. The predicted octanol–water partition coefficient (Wildman–Crippen LogP) is 2.48. The van der Waals surface area contributed by atoms with Crippen molar-refractivity contribution in [2.24, 2.45) is 23.7 Å². The van der Waals surface area contributed by atoms with Gasteiger partial charge in [0.15, 0.2) is 0 Å². The number of hydrogen-bond acceptors (Lipinski definition) is 4. The van der Waals surface area contributed by atoms with Crippen molar-refractivity contribution >= 4 is 29.2 Å². The summed E-state index contributed by atoms with van der Waals surface area (Å²) in [4.78, 5) is 24.7. The first-order chi connectivity index (χ1) is 10.6. The summed E-state index contributed by atoms with van der Waals surface area (Å²) in [6.07, 6.45) is 1.75. The van der Waals surface area contributed by atoms with E-state index in [4.69, 9.17) is 21.1 Å². The van der Waals surface area contributed by atoms with Gasteiger partial charge in [-0.15, -0.1) is 0 Å². The first-order valence-corrected chi connectivity index (χ1v) is 7.81. The van der Waals surface area contributed by atoms with Gasteiger partial charge >= 0.3 is 5.97 Å². The highest BCUT2D eigenvalue weighted by Crippen LogP contribution is 2.57. The van der Waals surface area contributed by atoms with Crippen molar-refractivity contribution in [3.05, 3.63) is 23.2 Å². The van der Waals surface area contributed by atoms with Crippen molar-refractivity contribution in [3.8, 4) is 5.75 Å². The van der Waals surface area contributed by atoms with Crippen LogP contribution in [0.15, 0.2) is 18.2 Å². The third-order valence-corrected chi connectivity index (χ3v) is 5.44. The molecule has 1 amide bonds. The number of carbonyl (C=O) groups excluding carboxylic acids is 2. The van der Waals surface area contributed by atoms with Gasteiger partial charge in [-0.3, -0.25) is 9.59 Å². The minimum absolute atomic E-state index is 0.0345. The van der Waals surface area contributed by atoms with Gasteiger partial charge in [0.2, 0.25) is 5.91 Å². The number of fused-ring (bicyclic) bond motifs is 1. The van der Waals surface area contributed by atoms with Gasteiger partial charge in [0.25, 0.3) is 0 Å². The highest BCUT2D eigenvalue weighted by molar-refractivity contribution is 6.31. The van der Waals surface area contributed by atoms with Crippen LogP contribution in [0.2, 0.25) is 5.02 Å². The Bertz CT molecular complexity index is 660. The number of rotatable bonds is 3. The fourth-order valence-corrected chi connectivity index (χ4v) is 4.53. The zero-order valence-corrected chi connectivity index (χ0v) is 12.8. The largest absolute Gasteiger partial charge is 0.495 e. The molecule has 1 aromatic carbocycles. The molecular formula is C16H16ClNO4. The van der Waals surface area contributed by atoms with Crippen LogP contribution in [0.5, 0.6) is 5.75 Å². The van der Waals surface area contributed by atoms with Gasteiger partial charge in [-0.25, -0.2) is 0 Å². The molecule has 2 aliphatic carbocycles. The third kappa shape index (κ3) is 1.92. The lowest BCUT2D eigenvalue weighted by Gasteiger charge is -2.24. The molecule has 3 fully saturated rings. The molecule has 1 heterocycles. The molecule has 1 aliphatic heterocycles. The van der Waals surface area contributed by atoms with Crippen LogP contribution in [0.25, 0.3) is 0 Å². The monoisotopic (exact) mass is 321 g/mol. The second-order valence-electron chi connectivity index (χ2n) is 6.26. The maximum absolute atomic E-state index is 12.7. The average Bonchev–Trinajstić information content (AvgIpc) is 3.08. The maximum Gasteiger partial charge on any atom is 0.310 e. The first kappa shape index (κ1) is 13.9. The smallest absolute Gasteiger partial charge is 0.310 e. The lowest BCUT2D eigenvalue weighted by atomic mass is 9.79. The second kappa shape index (κ2) is 4.88. The van der Waals surface area contributed by atoms with Gasteiger partial charge in [-0.2, -0.15) is 0 Å². The Hall–Kier alpha value is -1.75. The Labute approximate surface area is 132 Å². The summed E-state index contributed by atoms with van der Waals surface area (Å²) in [6.45, 7) is 0. The van der Waals surface area contributed by atoms with Crippen LogP contribution in [-0.4, -0.2) is 25.1 Å². The van der Waals surface area contributed by atoms with Crippen molar-refractivity contribution in [1.82, 2.24) is 0 Å². The standard InChI is InChI=1S/C16H16ClNO4/c1-21-11-3-2-8(17)6-10(11)18-15(19)13-7-4-9-12(5-7)22-16(20)14(9)13/h2-3,6-7,9,12-14H,4-5H2,1H3,(H,18,19)/t7-,9-,12-,13-,14+/m1/s1. The Balaban J connectivity index is 1.59. The maximum atomic E-state index is 12.7. The van der Waals surface area contributed by atoms with Gasteiger partial charge in [0.05, 0.1) is 24.6 Å². The van der Waals surface area contributed by atoms with Gasteiger partial charge in [0.1, 0.15) is 11.9 Å². The van der Waals surface area contributed by atoms with E-state index in [0.29, 0.717) is 16.5 Å². The number of hydrogen-bond donors (Lipinski definition) is 1. The average molecular weight is 322 g/mol. The van der Waals surface area contributed by atoms with Crippen molar-refractivity contribution in [2.45, 2.75) is 18.9 Å². The SMILES string of the molecule is COc1ccc(Cl)cc1NC(=O)[C@@H]1[C@@H]2C[C@H]3[C@@H]1C(=O)O[C@@H]3C2. The predicted molar refractivity (Wildman–Crippen MR) is 79.7 cm³/mol. The van der Waals surface area contributed by atoms with Crippen LogP contribution in [0, 0.1) is 23.7 Å². The zero-order valence-electron chi connectivity index (χ0n) is 12.0. The molecule has 5 nitrogen and oxygen atoms in total. The Morgan fingerprint density at radius 3 is 3.00 bits per heavy atom. The van der Waals surface area contributed by atoms with Crippen LogP contribution in [0.4, 0.5) is 5.69 Å². The van der Waals surface area contributed by atoms with Crippen molar-refractivity contribution in [2.75, 3.05) is 12.4 Å². The Kier molecular flexibility index (Phi) is 3.08. The third-order valence-electron chi connectivity index (χ3n) is 5.21. The number of halogens is 1. The highest BCUT2D eigenvalue weighted by Gasteiger charge is 2.63. The molecule has 6 heteroatoms. The highest BCUT2D eigenvalue weighted by atomic mass is 35.5. The number of anilines is 1. The Morgan fingerprint density at radius 1 is 1.41 bits per heavy atom. The number of ether oxygens (including phenoxy) is 2. The van der Waals surface area contributed by atoms with E-state index in [0.717, 1.165) is 12.8 Å². The summed E-state index contributed by atoms with van der Waals surface area (Å²) < 4.78 is 10.6. The summed E-state index contributed by atoms with van der Waals surface area (Å²) in [6, 6.07) is 5.06. The Morgan fingerprint density at radius 2 is 2.23 bits per heavy atom. The van der Waals surface area contributed by atoms with Crippen LogP contribution in [0.3, 0.4) is 0 Å². The zero-order chi connectivity index (χ0) is 15.4. The molecule has 0 aromatic heterocycles. The minimum atomic E-state index is -0.306. The number of esters is 1. The van der Waals surface area contributed by atoms with E-state index in [2.05, 4.69) is 5.32 Å². The van der Waals surface area contributed by atoms with Crippen LogP contribution in [0.1, 0.15) is 12.8 Å². The normalized spacial score (nSPS) is 34.6. The summed E-state index contributed by atoms with van der Waals surface area (Å²) in [7, 11) is 1.54. The molecule has 4 rings (SSSR count). The molecule has 3 aliphatic rings. The number of amides is 1. The summed E-state index contributed by atoms with van der Waals surface area (Å²) >= 11 is 5.98. The number of methoxy groups -OCH3 is 1. The molecule has 1 aromatic rings. The van der Waals surface area contributed by atoms with E-state index in [-0.39, 0.29) is 41.7 Å². The molecule has 22 heavy (non-hydrogen) atoms. The topological polar surface area (TPSA) is 64.6 Å². The molecule has 2 bridgehead atoms. The van der Waals surface area contributed by atoms with E-state index in [1.54, 1.807) is 18.2 Å². The molecule has 2 saturated carbocycles. The number of nitrogens with one attached hydrogen (secondary N) is 1. The molecule has 0 spiro atoms. The molecule has 0 radical (unpaired) electrons. The van der Waals surface area contributed by atoms with E-state index in [1.165, 1.54) is 7.11 Å². The fraction of sp³-hybridized carbons (Fsp3) is 0.500. The van der Waals surface area contributed by atoms with Gasteiger partial charge in [-0.05, 0) is 37.0 Å². The molecule has 1 N–H and O–H groups in total. The van der Waals surface area contributed by atoms with Crippen molar-refractivity contribution < 1.29 is 19.1 Å². The summed E-state index contributed by atoms with van der Waals surface area (Å²) in [5.41, 5.74) is 0.533. The van der Waals surface area contributed by atoms with Gasteiger partial charge in [-0.1, -0.05) is 11.6 Å². The quantitative estimate of drug-likeness (QED) is 0.869. The van der Waals surface area contributed by atoms with E-state index >= 15 is 0 Å². The molecule has 116 valence electrons. The number of carbonyl (C=O) groups is 2. The van der Waals surface area contributed by atoms with E-state index in [1.807, 2.05) is 0 Å². The molecule has 0 unspecified atom stereocenters. The van der Waals surface area contributed by atoms with Gasteiger partial charge < -0.3 is 14.8 Å². The van der Waals surface area contributed by atoms with E-state index in [9.17, 15) is 9.59 Å². The summed E-state index contributed by atoms with van der Waals surface area (Å²) in [5, 5.41) is 3.39. The lowest BCUT2D eigenvalue weighted by molar-refractivity contribution is -0.145. The van der Waals surface area contributed by atoms with E-state index < -0.39 is 0 Å². The summed E-state index contributed by atoms with van der Waals surface area (Å²) in [5.74, 6) is 0.0522.